The third-order valence-electron chi connectivity index (χ3n) is 4.57. The van der Waals surface area contributed by atoms with E-state index in [1.807, 2.05) is 0 Å². The molecular formula is C19H19BrN2O5. The number of furan rings is 1. The average Bonchev–Trinajstić information content (AvgIpc) is 3.31. The Morgan fingerprint density at radius 2 is 1.85 bits per heavy atom. The van der Waals surface area contributed by atoms with Gasteiger partial charge < -0.3 is 19.8 Å². The van der Waals surface area contributed by atoms with E-state index in [9.17, 15) is 14.4 Å². The van der Waals surface area contributed by atoms with Crippen LogP contribution in [0.5, 0.6) is 0 Å². The predicted octanol–water partition coefficient (Wildman–Crippen LogP) is 3.51. The molecule has 2 amide bonds. The Labute approximate surface area is 164 Å². The topological polar surface area (TPSA) is 97.6 Å². The Bertz CT molecular complexity index is 870. The smallest absolute Gasteiger partial charge is 0.331 e. The predicted molar refractivity (Wildman–Crippen MR) is 101 cm³/mol. The standard InChI is InChI=1S/C19H19BrN2O5/c1-26-18(25)19(9-2-3-10-19)22-16(23)12-5-4-6-13(11-12)21-17(24)14-7-8-15(20)27-14/h4-8,11H,2-3,9-10H2,1H3,(H,21,24)(H,22,23). The number of ether oxygens (including phenoxy) is 1. The minimum Gasteiger partial charge on any atom is -0.467 e. The van der Waals surface area contributed by atoms with Crippen LogP contribution in [0.25, 0.3) is 0 Å². The minimum absolute atomic E-state index is 0.146. The second-order valence-electron chi connectivity index (χ2n) is 6.37. The number of halogens is 1. The van der Waals surface area contributed by atoms with Gasteiger partial charge in [-0.15, -0.1) is 0 Å². The summed E-state index contributed by atoms with van der Waals surface area (Å²) in [6.07, 6.45) is 2.80. The van der Waals surface area contributed by atoms with Gasteiger partial charge in [-0.05, 0) is 59.1 Å². The molecule has 1 fully saturated rings. The first-order valence-corrected chi connectivity index (χ1v) is 9.30. The molecule has 7 nitrogen and oxygen atoms in total. The number of anilines is 1. The van der Waals surface area contributed by atoms with Gasteiger partial charge in [0.05, 0.1) is 7.11 Å². The number of esters is 1. The maximum Gasteiger partial charge on any atom is 0.331 e. The Morgan fingerprint density at radius 1 is 1.11 bits per heavy atom. The third kappa shape index (κ3) is 4.21. The minimum atomic E-state index is -0.981. The van der Waals surface area contributed by atoms with Gasteiger partial charge in [-0.3, -0.25) is 9.59 Å². The zero-order valence-electron chi connectivity index (χ0n) is 14.7. The second-order valence-corrected chi connectivity index (χ2v) is 7.16. The fraction of sp³-hybridized carbons (Fsp3) is 0.316. The molecule has 3 rings (SSSR count). The van der Waals surface area contributed by atoms with Crippen molar-refractivity contribution >= 4 is 39.4 Å². The number of hydrogen-bond donors (Lipinski definition) is 2. The van der Waals surface area contributed by atoms with Crippen LogP contribution in [0.4, 0.5) is 5.69 Å². The monoisotopic (exact) mass is 434 g/mol. The molecule has 1 aliphatic rings. The molecule has 1 heterocycles. The van der Waals surface area contributed by atoms with E-state index < -0.39 is 17.4 Å². The molecule has 1 aliphatic carbocycles. The molecule has 27 heavy (non-hydrogen) atoms. The highest BCUT2D eigenvalue weighted by atomic mass is 79.9. The molecule has 0 aliphatic heterocycles. The fourth-order valence-corrected chi connectivity index (χ4v) is 3.52. The lowest BCUT2D eigenvalue weighted by Gasteiger charge is -2.27. The normalized spacial score (nSPS) is 15.2. The van der Waals surface area contributed by atoms with Gasteiger partial charge in [0.25, 0.3) is 11.8 Å². The molecule has 1 aromatic carbocycles. The molecule has 8 heteroatoms. The summed E-state index contributed by atoms with van der Waals surface area (Å²) in [7, 11) is 1.32. The lowest BCUT2D eigenvalue weighted by atomic mass is 9.97. The number of carbonyl (C=O) groups is 3. The van der Waals surface area contributed by atoms with Crippen LogP contribution in [-0.4, -0.2) is 30.4 Å². The number of amides is 2. The Morgan fingerprint density at radius 3 is 2.48 bits per heavy atom. The van der Waals surface area contributed by atoms with Crippen LogP contribution >= 0.6 is 15.9 Å². The first-order valence-electron chi connectivity index (χ1n) is 8.51. The zero-order valence-corrected chi connectivity index (χ0v) is 16.3. The fourth-order valence-electron chi connectivity index (χ4n) is 3.21. The maximum atomic E-state index is 12.7. The Hall–Kier alpha value is -2.61. The summed E-state index contributed by atoms with van der Waals surface area (Å²) >= 11 is 3.14. The highest BCUT2D eigenvalue weighted by molar-refractivity contribution is 9.10. The maximum absolute atomic E-state index is 12.7. The molecule has 1 aromatic heterocycles. The molecule has 0 atom stereocenters. The van der Waals surface area contributed by atoms with Crippen molar-refractivity contribution in [2.24, 2.45) is 0 Å². The van der Waals surface area contributed by atoms with Gasteiger partial charge in [0.2, 0.25) is 0 Å². The lowest BCUT2D eigenvalue weighted by Crippen LogP contribution is -2.53. The van der Waals surface area contributed by atoms with E-state index in [1.54, 1.807) is 30.3 Å². The van der Waals surface area contributed by atoms with Crippen LogP contribution in [0.1, 0.15) is 46.6 Å². The van der Waals surface area contributed by atoms with E-state index in [0.717, 1.165) is 12.8 Å². The highest BCUT2D eigenvalue weighted by Gasteiger charge is 2.43. The van der Waals surface area contributed by atoms with Crippen LogP contribution in [0, 0.1) is 0 Å². The summed E-state index contributed by atoms with van der Waals surface area (Å²) in [4.78, 5) is 37.0. The summed E-state index contributed by atoms with van der Waals surface area (Å²) in [6.45, 7) is 0. The molecule has 1 saturated carbocycles. The summed E-state index contributed by atoms with van der Waals surface area (Å²) in [5.74, 6) is -1.10. The molecule has 2 N–H and O–H groups in total. The van der Waals surface area contributed by atoms with Gasteiger partial charge >= 0.3 is 5.97 Å². The SMILES string of the molecule is COC(=O)C1(NC(=O)c2cccc(NC(=O)c3ccc(Br)o3)c2)CCCC1. The summed E-state index contributed by atoms with van der Waals surface area (Å²) < 4.78 is 10.5. The van der Waals surface area contributed by atoms with Gasteiger partial charge in [-0.2, -0.15) is 0 Å². The van der Waals surface area contributed by atoms with Crippen molar-refractivity contribution in [2.75, 3.05) is 12.4 Å². The van der Waals surface area contributed by atoms with Gasteiger partial charge in [-0.1, -0.05) is 18.9 Å². The van der Waals surface area contributed by atoms with Crippen LogP contribution in [0.15, 0.2) is 45.5 Å². The van der Waals surface area contributed by atoms with Crippen molar-refractivity contribution in [3.8, 4) is 0 Å². The molecule has 0 bridgehead atoms. The van der Waals surface area contributed by atoms with Gasteiger partial charge in [0, 0.05) is 11.3 Å². The van der Waals surface area contributed by atoms with Crippen molar-refractivity contribution < 1.29 is 23.5 Å². The van der Waals surface area contributed by atoms with E-state index >= 15 is 0 Å². The summed E-state index contributed by atoms with van der Waals surface area (Å²) in [6, 6.07) is 9.64. The Balaban J connectivity index is 1.73. The molecule has 142 valence electrons. The van der Waals surface area contributed by atoms with Crippen molar-refractivity contribution in [2.45, 2.75) is 31.2 Å². The van der Waals surface area contributed by atoms with Crippen molar-refractivity contribution in [3.05, 3.63) is 52.4 Å². The van der Waals surface area contributed by atoms with Crippen molar-refractivity contribution in [3.63, 3.8) is 0 Å². The van der Waals surface area contributed by atoms with Gasteiger partial charge in [-0.25, -0.2) is 4.79 Å². The molecule has 0 unspecified atom stereocenters. The second kappa shape index (κ2) is 7.96. The molecule has 0 saturated heterocycles. The lowest BCUT2D eigenvalue weighted by molar-refractivity contribution is -0.148. The molecule has 0 spiro atoms. The highest BCUT2D eigenvalue weighted by Crippen LogP contribution is 2.31. The third-order valence-corrected chi connectivity index (χ3v) is 4.99. The number of hydrogen-bond acceptors (Lipinski definition) is 5. The first-order chi connectivity index (χ1) is 12.9. The van der Waals surface area contributed by atoms with E-state index in [4.69, 9.17) is 9.15 Å². The number of methoxy groups -OCH3 is 1. The molecule has 2 aromatic rings. The molecular weight excluding hydrogens is 416 g/mol. The summed E-state index contributed by atoms with van der Waals surface area (Å²) in [5, 5.41) is 5.50. The van der Waals surface area contributed by atoms with Crippen LogP contribution in [0.2, 0.25) is 0 Å². The average molecular weight is 435 g/mol. The van der Waals surface area contributed by atoms with Gasteiger partial charge in [0.15, 0.2) is 10.4 Å². The number of rotatable bonds is 5. The van der Waals surface area contributed by atoms with E-state index in [0.29, 0.717) is 28.8 Å². The van der Waals surface area contributed by atoms with Crippen LogP contribution in [-0.2, 0) is 9.53 Å². The molecule has 0 radical (unpaired) electrons. The van der Waals surface area contributed by atoms with Gasteiger partial charge in [0.1, 0.15) is 5.54 Å². The van der Waals surface area contributed by atoms with Crippen LogP contribution < -0.4 is 10.6 Å². The first kappa shape index (κ1) is 19.2. The van der Waals surface area contributed by atoms with E-state index in [-0.39, 0.29) is 11.7 Å². The quantitative estimate of drug-likeness (QED) is 0.701. The van der Waals surface area contributed by atoms with Crippen molar-refractivity contribution in [1.82, 2.24) is 5.32 Å². The number of benzene rings is 1. The number of nitrogens with one attached hydrogen (secondary N) is 2. The van der Waals surface area contributed by atoms with Crippen LogP contribution in [0.3, 0.4) is 0 Å². The van der Waals surface area contributed by atoms with E-state index in [1.165, 1.54) is 13.2 Å². The summed E-state index contributed by atoms with van der Waals surface area (Å²) in [5.41, 5.74) is -0.201. The zero-order chi connectivity index (χ0) is 19.4. The van der Waals surface area contributed by atoms with Crippen molar-refractivity contribution in [1.29, 1.82) is 0 Å². The van der Waals surface area contributed by atoms with E-state index in [2.05, 4.69) is 26.6 Å². The Kier molecular flexibility index (Phi) is 5.65. The largest absolute Gasteiger partial charge is 0.467 e. The number of carbonyl (C=O) groups excluding carboxylic acids is 3.